The molecular weight excluding hydrogens is 256 g/mol. The molecule has 1 aromatic carbocycles. The maximum absolute atomic E-state index is 12.3. The third-order valence-corrected chi connectivity index (χ3v) is 3.67. The number of rotatable bonds is 1. The molecule has 0 aliphatic carbocycles. The average Bonchev–Trinajstić information content (AvgIpc) is 2.72. The average molecular weight is 267 g/mol. The van der Waals surface area contributed by atoms with Crippen LogP contribution in [0, 0.1) is 0 Å². The number of carbonyl (C=O) groups excluding carboxylic acids is 1. The van der Waals surface area contributed by atoms with Gasteiger partial charge in [-0.3, -0.25) is 4.79 Å². The Bertz CT molecular complexity index is 546. The number of carboxylic acid groups (broad SMARTS) is 1. The number of nitrogens with zero attached hydrogens (tertiary/aromatic N) is 1. The van der Waals surface area contributed by atoms with Crippen LogP contribution in [0.25, 0.3) is 0 Å². The van der Waals surface area contributed by atoms with E-state index in [2.05, 4.69) is 5.32 Å². The van der Waals surface area contributed by atoms with E-state index in [1.807, 2.05) is 0 Å². The molecule has 2 N–H and O–H groups in total. The Hall–Kier alpha value is -1.75. The van der Waals surface area contributed by atoms with Gasteiger partial charge in [0.2, 0.25) is 0 Å². The lowest BCUT2D eigenvalue weighted by molar-refractivity contribution is -0.141. The maximum atomic E-state index is 12.3. The Balaban J connectivity index is 2.03. The number of aliphatic carboxylic acids is 1. The molecule has 6 heteroatoms. The predicted molar refractivity (Wildman–Crippen MR) is 65.7 cm³/mol. The largest absolute Gasteiger partial charge is 0.480 e. The Morgan fingerprint density at radius 2 is 2.22 bits per heavy atom. The van der Waals surface area contributed by atoms with Crippen LogP contribution >= 0.6 is 11.6 Å². The number of anilines is 1. The molecule has 2 aliphatic rings. The highest BCUT2D eigenvalue weighted by molar-refractivity contribution is 6.31. The molecule has 2 heterocycles. The summed E-state index contributed by atoms with van der Waals surface area (Å²) < 4.78 is 0. The van der Waals surface area contributed by atoms with Crippen molar-refractivity contribution in [3.63, 3.8) is 0 Å². The van der Waals surface area contributed by atoms with E-state index in [1.54, 1.807) is 18.2 Å². The lowest BCUT2D eigenvalue weighted by Gasteiger charge is -2.34. The maximum Gasteiger partial charge on any atom is 0.326 e. The summed E-state index contributed by atoms with van der Waals surface area (Å²) in [6.45, 7) is 0. The molecule has 0 bridgehead atoms. The highest BCUT2D eigenvalue weighted by atomic mass is 35.5. The van der Waals surface area contributed by atoms with Gasteiger partial charge in [0, 0.05) is 10.7 Å². The minimum Gasteiger partial charge on any atom is -0.480 e. The van der Waals surface area contributed by atoms with Gasteiger partial charge in [-0.25, -0.2) is 4.79 Å². The monoisotopic (exact) mass is 266 g/mol. The number of halogens is 1. The third kappa shape index (κ3) is 1.54. The van der Waals surface area contributed by atoms with Gasteiger partial charge in [0.25, 0.3) is 5.91 Å². The second-order valence-electron chi connectivity index (χ2n) is 4.49. The number of amides is 1. The molecule has 0 aromatic heterocycles. The minimum atomic E-state index is -0.954. The van der Waals surface area contributed by atoms with Crippen LogP contribution in [0.5, 0.6) is 0 Å². The first kappa shape index (κ1) is 11.3. The summed E-state index contributed by atoms with van der Waals surface area (Å²) in [6.07, 6.45) is 0.860. The van der Waals surface area contributed by atoms with Crippen molar-refractivity contribution in [2.24, 2.45) is 0 Å². The minimum absolute atomic E-state index is 0.240. The van der Waals surface area contributed by atoms with Gasteiger partial charge < -0.3 is 15.3 Å². The second kappa shape index (κ2) is 3.88. The molecule has 0 saturated carbocycles. The van der Waals surface area contributed by atoms with Crippen LogP contribution in [0.2, 0.25) is 5.02 Å². The van der Waals surface area contributed by atoms with Gasteiger partial charge in [-0.05, 0) is 31.0 Å². The van der Waals surface area contributed by atoms with Crippen LogP contribution in [0.1, 0.15) is 23.2 Å². The zero-order valence-electron chi connectivity index (χ0n) is 9.39. The van der Waals surface area contributed by atoms with Crippen LogP contribution in [-0.4, -0.2) is 34.1 Å². The molecule has 3 rings (SSSR count). The Morgan fingerprint density at radius 3 is 2.94 bits per heavy atom. The molecule has 0 radical (unpaired) electrons. The van der Waals surface area contributed by atoms with Crippen molar-refractivity contribution < 1.29 is 14.7 Å². The predicted octanol–water partition coefficient (Wildman–Crippen LogP) is 1.78. The lowest BCUT2D eigenvalue weighted by Crippen LogP contribution is -2.50. The van der Waals surface area contributed by atoms with E-state index in [0.717, 1.165) is 0 Å². The lowest BCUT2D eigenvalue weighted by atomic mass is 10.1. The van der Waals surface area contributed by atoms with Gasteiger partial charge >= 0.3 is 5.97 Å². The topological polar surface area (TPSA) is 69.6 Å². The zero-order chi connectivity index (χ0) is 12.9. The van der Waals surface area contributed by atoms with Gasteiger partial charge in [-0.15, -0.1) is 0 Å². The van der Waals surface area contributed by atoms with E-state index < -0.39 is 12.0 Å². The van der Waals surface area contributed by atoms with E-state index in [-0.39, 0.29) is 12.1 Å². The number of fused-ring (bicyclic) bond motifs is 2. The normalized spacial score (nSPS) is 25.4. The summed E-state index contributed by atoms with van der Waals surface area (Å²) >= 11 is 5.89. The molecule has 1 aromatic rings. The summed E-state index contributed by atoms with van der Waals surface area (Å²) in [7, 11) is 0. The first-order valence-electron chi connectivity index (χ1n) is 5.69. The number of benzene rings is 1. The summed E-state index contributed by atoms with van der Waals surface area (Å²) in [5.41, 5.74) is 1.16. The molecule has 2 aliphatic heterocycles. The van der Waals surface area contributed by atoms with Crippen molar-refractivity contribution in [3.05, 3.63) is 28.8 Å². The molecule has 5 nitrogen and oxygen atoms in total. The summed E-state index contributed by atoms with van der Waals surface area (Å²) in [5.74, 6) is -1.19. The van der Waals surface area contributed by atoms with Gasteiger partial charge in [-0.1, -0.05) is 11.6 Å². The van der Waals surface area contributed by atoms with Crippen LogP contribution < -0.4 is 5.32 Å². The van der Waals surface area contributed by atoms with E-state index in [0.29, 0.717) is 29.1 Å². The number of hydrogen-bond acceptors (Lipinski definition) is 3. The highest BCUT2D eigenvalue weighted by Gasteiger charge is 2.44. The van der Waals surface area contributed by atoms with Gasteiger partial charge in [0.15, 0.2) is 0 Å². The first-order valence-corrected chi connectivity index (χ1v) is 6.07. The quantitative estimate of drug-likeness (QED) is 0.813. The number of nitrogens with one attached hydrogen (secondary N) is 1. The Labute approximate surface area is 108 Å². The zero-order valence-corrected chi connectivity index (χ0v) is 10.1. The fourth-order valence-corrected chi connectivity index (χ4v) is 2.79. The van der Waals surface area contributed by atoms with Crippen LogP contribution in [0.4, 0.5) is 5.69 Å². The third-order valence-electron chi connectivity index (χ3n) is 3.44. The van der Waals surface area contributed by atoms with E-state index in [4.69, 9.17) is 16.7 Å². The van der Waals surface area contributed by atoms with Gasteiger partial charge in [0.05, 0.1) is 5.56 Å². The molecule has 0 spiro atoms. The molecule has 2 atom stereocenters. The molecule has 94 valence electrons. The Morgan fingerprint density at radius 1 is 1.44 bits per heavy atom. The van der Waals surface area contributed by atoms with Crippen molar-refractivity contribution in [2.45, 2.75) is 25.0 Å². The van der Waals surface area contributed by atoms with Crippen molar-refractivity contribution in [3.8, 4) is 0 Å². The van der Waals surface area contributed by atoms with Crippen molar-refractivity contribution in [2.75, 3.05) is 5.32 Å². The molecule has 0 unspecified atom stereocenters. The number of carbonyl (C=O) groups is 2. The number of carboxylic acids is 1. The van der Waals surface area contributed by atoms with Crippen molar-refractivity contribution in [1.29, 1.82) is 0 Å². The van der Waals surface area contributed by atoms with Crippen LogP contribution in [0.15, 0.2) is 18.2 Å². The smallest absolute Gasteiger partial charge is 0.326 e. The van der Waals surface area contributed by atoms with Crippen LogP contribution in [-0.2, 0) is 4.79 Å². The SMILES string of the molecule is O=C(O)[C@@H]1CC[C@@H]2Nc3cc(Cl)ccc3C(=O)N21. The second-order valence-corrected chi connectivity index (χ2v) is 4.93. The van der Waals surface area contributed by atoms with Gasteiger partial charge in [-0.2, -0.15) is 0 Å². The highest BCUT2D eigenvalue weighted by Crippen LogP contribution is 2.35. The fraction of sp³-hybridized carbons (Fsp3) is 0.333. The molecule has 1 saturated heterocycles. The van der Waals surface area contributed by atoms with Crippen LogP contribution in [0.3, 0.4) is 0 Å². The molecule has 1 fully saturated rings. The molecule has 18 heavy (non-hydrogen) atoms. The Kier molecular flexibility index (Phi) is 2.45. The standard InChI is InChI=1S/C12H11ClN2O3/c13-6-1-2-7-8(5-6)14-10-4-3-9(12(17)18)15(10)11(7)16/h1-2,5,9-10,14H,3-4H2,(H,17,18)/t9-,10+/m0/s1. The van der Waals surface area contributed by atoms with E-state index in [1.165, 1.54) is 4.90 Å². The van der Waals surface area contributed by atoms with Crippen molar-refractivity contribution in [1.82, 2.24) is 4.90 Å². The molecule has 1 amide bonds. The van der Waals surface area contributed by atoms with Crippen molar-refractivity contribution >= 4 is 29.2 Å². The fourth-order valence-electron chi connectivity index (χ4n) is 2.62. The van der Waals surface area contributed by atoms with Gasteiger partial charge in [0.1, 0.15) is 12.2 Å². The number of hydrogen-bond donors (Lipinski definition) is 2. The summed E-state index contributed by atoms with van der Waals surface area (Å²) in [4.78, 5) is 24.8. The summed E-state index contributed by atoms with van der Waals surface area (Å²) in [6, 6.07) is 4.21. The van der Waals surface area contributed by atoms with E-state index >= 15 is 0 Å². The summed E-state index contributed by atoms with van der Waals surface area (Å²) in [5, 5.41) is 12.8. The first-order chi connectivity index (χ1) is 8.58. The van der Waals surface area contributed by atoms with E-state index in [9.17, 15) is 9.59 Å². The molecular formula is C12H11ClN2O3.